The Balaban J connectivity index is 1.52. The topological polar surface area (TPSA) is 87.7 Å². The summed E-state index contributed by atoms with van der Waals surface area (Å²) in [6.45, 7) is 3.12. The molecule has 1 saturated heterocycles. The zero-order valence-corrected chi connectivity index (χ0v) is 17.7. The van der Waals surface area contributed by atoms with Gasteiger partial charge in [0.05, 0.1) is 18.3 Å². The van der Waals surface area contributed by atoms with Gasteiger partial charge in [0, 0.05) is 32.6 Å². The Morgan fingerprint density at radius 3 is 2.71 bits per heavy atom. The number of rotatable bonds is 5. The van der Waals surface area contributed by atoms with Crippen molar-refractivity contribution >= 4 is 17.6 Å². The lowest BCUT2D eigenvalue weighted by Gasteiger charge is -2.30. The van der Waals surface area contributed by atoms with Crippen molar-refractivity contribution in [1.82, 2.24) is 19.8 Å². The summed E-state index contributed by atoms with van der Waals surface area (Å²) in [7, 11) is 1.82. The highest BCUT2D eigenvalue weighted by Crippen LogP contribution is 2.33. The van der Waals surface area contributed by atoms with Crippen molar-refractivity contribution in [1.29, 1.82) is 0 Å². The number of carbonyl (C=O) groups excluding carboxylic acids is 2. The van der Waals surface area contributed by atoms with E-state index in [0.29, 0.717) is 37.6 Å². The fourth-order valence-electron chi connectivity index (χ4n) is 4.17. The molecule has 164 valence electrons. The summed E-state index contributed by atoms with van der Waals surface area (Å²) in [4.78, 5) is 37.7. The van der Waals surface area contributed by atoms with E-state index in [2.05, 4.69) is 5.32 Å². The Morgan fingerprint density at radius 2 is 2.00 bits per heavy atom. The third kappa shape index (κ3) is 4.45. The molecule has 1 N–H and O–H groups in total. The summed E-state index contributed by atoms with van der Waals surface area (Å²) in [5.41, 5.74) is 1.86. The first kappa shape index (κ1) is 21.0. The van der Waals surface area contributed by atoms with Gasteiger partial charge in [0.1, 0.15) is 17.4 Å². The quantitative estimate of drug-likeness (QED) is 0.788. The van der Waals surface area contributed by atoms with Gasteiger partial charge in [-0.15, -0.1) is 0 Å². The number of anilines is 1. The fourth-order valence-corrected chi connectivity index (χ4v) is 4.17. The maximum Gasteiger partial charge on any atom is 0.261 e. The molecule has 3 heterocycles. The van der Waals surface area contributed by atoms with E-state index in [-0.39, 0.29) is 30.3 Å². The Kier molecular flexibility index (Phi) is 6.01. The van der Waals surface area contributed by atoms with Gasteiger partial charge >= 0.3 is 0 Å². The van der Waals surface area contributed by atoms with Crippen LogP contribution in [0.1, 0.15) is 42.9 Å². The monoisotopic (exact) mass is 427 g/mol. The maximum atomic E-state index is 13.0. The van der Waals surface area contributed by atoms with Crippen LogP contribution in [-0.2, 0) is 22.6 Å². The van der Waals surface area contributed by atoms with E-state index < -0.39 is 0 Å². The van der Waals surface area contributed by atoms with Crippen molar-refractivity contribution in [3.05, 3.63) is 47.2 Å². The minimum Gasteiger partial charge on any atom is -0.484 e. The molecule has 2 aliphatic rings. The van der Waals surface area contributed by atoms with Crippen molar-refractivity contribution in [2.45, 2.75) is 38.8 Å². The summed E-state index contributed by atoms with van der Waals surface area (Å²) in [5.74, 6) is 1.28. The van der Waals surface area contributed by atoms with Crippen molar-refractivity contribution in [3.63, 3.8) is 0 Å². The third-order valence-corrected chi connectivity index (χ3v) is 5.81. The van der Waals surface area contributed by atoms with Crippen LogP contribution < -0.4 is 10.1 Å². The summed E-state index contributed by atoms with van der Waals surface area (Å²) in [6.07, 6.45) is 2.31. The van der Waals surface area contributed by atoms with Crippen LogP contribution in [0.5, 0.6) is 5.75 Å². The molecule has 1 unspecified atom stereocenters. The summed E-state index contributed by atoms with van der Waals surface area (Å²) >= 11 is 0. The van der Waals surface area contributed by atoms with E-state index in [4.69, 9.17) is 14.7 Å². The van der Waals surface area contributed by atoms with E-state index >= 15 is 0 Å². The molecule has 1 atom stereocenters. The van der Waals surface area contributed by atoms with Gasteiger partial charge in [0.25, 0.3) is 5.91 Å². The molecule has 2 aromatic rings. The molecule has 8 nitrogen and oxygen atoms in total. The number of hydrogen-bond acceptors (Lipinski definition) is 6. The number of fused-ring (bicyclic) bond motifs is 1. The Labute approximate surface area is 180 Å². The van der Waals surface area contributed by atoms with Crippen LogP contribution in [0.15, 0.2) is 24.3 Å². The predicted octanol–water partition coefficient (Wildman–Crippen LogP) is 2.30. The molecule has 1 aromatic heterocycles. The standard InChI is InChI=1S/C22H26FN5O3/c1-14(29)27-11-9-17-18(12-27)25-22(26-21(17)24-2)19-4-3-10-28(19)20(30)13-31-16-7-5-15(23)6-8-16/h5-8,19H,3-4,9-13H2,1-2H3,(H,24,25,26). The first-order valence-corrected chi connectivity index (χ1v) is 10.5. The van der Waals surface area contributed by atoms with E-state index in [1.807, 2.05) is 7.05 Å². The van der Waals surface area contributed by atoms with E-state index in [0.717, 1.165) is 29.9 Å². The van der Waals surface area contributed by atoms with Crippen molar-refractivity contribution in [3.8, 4) is 5.75 Å². The Morgan fingerprint density at radius 1 is 1.23 bits per heavy atom. The van der Waals surface area contributed by atoms with Gasteiger partial charge in [0.2, 0.25) is 5.91 Å². The van der Waals surface area contributed by atoms with Gasteiger partial charge in [-0.25, -0.2) is 14.4 Å². The molecule has 0 bridgehead atoms. The average Bonchev–Trinajstić information content (AvgIpc) is 3.27. The van der Waals surface area contributed by atoms with Crippen LogP contribution in [0, 0.1) is 5.82 Å². The highest BCUT2D eigenvalue weighted by Gasteiger charge is 2.34. The fraction of sp³-hybridized carbons (Fsp3) is 0.455. The van der Waals surface area contributed by atoms with Crippen LogP contribution >= 0.6 is 0 Å². The molecule has 9 heteroatoms. The minimum absolute atomic E-state index is 0.0208. The third-order valence-electron chi connectivity index (χ3n) is 5.81. The second kappa shape index (κ2) is 8.87. The number of aromatic nitrogens is 2. The summed E-state index contributed by atoms with van der Waals surface area (Å²) < 4.78 is 18.6. The van der Waals surface area contributed by atoms with Crippen LogP contribution in [0.25, 0.3) is 0 Å². The van der Waals surface area contributed by atoms with Gasteiger partial charge in [-0.2, -0.15) is 0 Å². The molecule has 1 fully saturated rings. The van der Waals surface area contributed by atoms with Gasteiger partial charge < -0.3 is 19.9 Å². The number of nitrogens with one attached hydrogen (secondary N) is 1. The van der Waals surface area contributed by atoms with Crippen molar-refractivity contribution in [2.24, 2.45) is 0 Å². The normalized spacial score (nSPS) is 18.0. The number of amides is 2. The molecule has 2 amide bonds. The predicted molar refractivity (Wildman–Crippen MR) is 112 cm³/mol. The van der Waals surface area contributed by atoms with Gasteiger partial charge in [0.15, 0.2) is 12.4 Å². The van der Waals surface area contributed by atoms with Crippen LogP contribution in [0.4, 0.5) is 10.2 Å². The smallest absolute Gasteiger partial charge is 0.261 e. The van der Waals surface area contributed by atoms with E-state index in [9.17, 15) is 14.0 Å². The number of ether oxygens (including phenoxy) is 1. The number of halogens is 1. The van der Waals surface area contributed by atoms with E-state index in [1.54, 1.807) is 16.7 Å². The lowest BCUT2D eigenvalue weighted by atomic mass is 10.0. The summed E-state index contributed by atoms with van der Waals surface area (Å²) in [5, 5.41) is 3.14. The number of likely N-dealkylation sites (tertiary alicyclic amines) is 1. The summed E-state index contributed by atoms with van der Waals surface area (Å²) in [6, 6.07) is 5.34. The SMILES string of the molecule is CNc1nc(C2CCCN2C(=O)COc2ccc(F)cc2)nc2c1CCN(C(C)=O)C2. The minimum atomic E-state index is -0.355. The molecule has 0 radical (unpaired) electrons. The second-order valence-electron chi connectivity index (χ2n) is 7.78. The lowest BCUT2D eigenvalue weighted by Crippen LogP contribution is -2.37. The molecule has 0 aliphatic carbocycles. The molecule has 4 rings (SSSR count). The molecule has 1 aromatic carbocycles. The highest BCUT2D eigenvalue weighted by atomic mass is 19.1. The lowest BCUT2D eigenvalue weighted by molar-refractivity contribution is -0.134. The van der Waals surface area contributed by atoms with Crippen LogP contribution in [0.2, 0.25) is 0 Å². The molecule has 2 aliphatic heterocycles. The maximum absolute atomic E-state index is 13.0. The number of nitrogens with zero attached hydrogens (tertiary/aromatic N) is 4. The largest absolute Gasteiger partial charge is 0.484 e. The van der Waals surface area contributed by atoms with Gasteiger partial charge in [-0.1, -0.05) is 0 Å². The second-order valence-corrected chi connectivity index (χ2v) is 7.78. The highest BCUT2D eigenvalue weighted by molar-refractivity contribution is 5.78. The first-order valence-electron chi connectivity index (χ1n) is 10.5. The molecule has 31 heavy (non-hydrogen) atoms. The zero-order chi connectivity index (χ0) is 22.0. The number of hydrogen-bond donors (Lipinski definition) is 1. The molecule has 0 spiro atoms. The Bertz CT molecular complexity index is 982. The average molecular weight is 427 g/mol. The molecule has 0 saturated carbocycles. The van der Waals surface area contributed by atoms with Crippen molar-refractivity contribution < 1.29 is 18.7 Å². The Hall–Kier alpha value is -3.23. The van der Waals surface area contributed by atoms with Gasteiger partial charge in [-0.3, -0.25) is 9.59 Å². The first-order chi connectivity index (χ1) is 15.0. The van der Waals surface area contributed by atoms with Crippen LogP contribution in [-0.4, -0.2) is 58.3 Å². The number of benzene rings is 1. The molecular weight excluding hydrogens is 401 g/mol. The van der Waals surface area contributed by atoms with Crippen molar-refractivity contribution in [2.75, 3.05) is 32.1 Å². The van der Waals surface area contributed by atoms with Crippen LogP contribution in [0.3, 0.4) is 0 Å². The number of carbonyl (C=O) groups is 2. The van der Waals surface area contributed by atoms with E-state index in [1.165, 1.54) is 24.3 Å². The zero-order valence-electron chi connectivity index (χ0n) is 17.7. The molecular formula is C22H26FN5O3. The van der Waals surface area contributed by atoms with Gasteiger partial charge in [-0.05, 0) is 43.5 Å².